The van der Waals surface area contributed by atoms with E-state index in [-0.39, 0.29) is 0 Å². The zero-order valence-corrected chi connectivity index (χ0v) is 20.1. The van der Waals surface area contributed by atoms with E-state index in [1.54, 1.807) is 0 Å². The minimum Gasteiger partial charge on any atom is -0.307 e. The van der Waals surface area contributed by atoms with Gasteiger partial charge in [0.25, 0.3) is 0 Å². The maximum atomic E-state index is 4.70. The Morgan fingerprint density at radius 1 is 0.459 bits per heavy atom. The van der Waals surface area contributed by atoms with Crippen molar-refractivity contribution in [1.29, 1.82) is 0 Å². The molecule has 0 atom stereocenters. The summed E-state index contributed by atoms with van der Waals surface area (Å²) in [7, 11) is 0. The Balaban J connectivity index is 1.61. The van der Waals surface area contributed by atoms with Crippen molar-refractivity contribution >= 4 is 54.1 Å². The molecule has 0 spiro atoms. The molecule has 0 aliphatic heterocycles. The van der Waals surface area contributed by atoms with Crippen molar-refractivity contribution in [2.75, 3.05) is 0 Å². The standard InChI is InChI=1S/C35H22N2/c1-2-10-23(11-3-1)25-20-26(22-36-21-25)37-32-17-9-8-16-30(32)34-29-15-7-6-14-28(29)33-27-13-5-4-12-24(27)18-19-31(33)35(34)37/h1-22H. The quantitative estimate of drug-likeness (QED) is 0.230. The van der Waals surface area contributed by atoms with E-state index in [9.17, 15) is 0 Å². The van der Waals surface area contributed by atoms with Gasteiger partial charge in [-0.05, 0) is 44.6 Å². The third-order valence-electron chi connectivity index (χ3n) is 7.61. The van der Waals surface area contributed by atoms with Crippen molar-refractivity contribution < 1.29 is 0 Å². The number of nitrogens with zero attached hydrogens (tertiary/aromatic N) is 2. The topological polar surface area (TPSA) is 17.8 Å². The number of fused-ring (bicyclic) bond motifs is 10. The van der Waals surface area contributed by atoms with Crippen molar-refractivity contribution in [1.82, 2.24) is 9.55 Å². The van der Waals surface area contributed by atoms with Gasteiger partial charge in [0, 0.05) is 27.9 Å². The molecular formula is C35H22N2. The fraction of sp³-hybridized carbons (Fsp3) is 0. The van der Waals surface area contributed by atoms with Gasteiger partial charge in [-0.1, -0.05) is 109 Å². The first-order valence-electron chi connectivity index (χ1n) is 12.6. The van der Waals surface area contributed by atoms with E-state index in [0.29, 0.717) is 0 Å². The Kier molecular flexibility index (Phi) is 4.26. The van der Waals surface area contributed by atoms with Crippen LogP contribution in [-0.4, -0.2) is 9.55 Å². The molecular weight excluding hydrogens is 448 g/mol. The van der Waals surface area contributed by atoms with Gasteiger partial charge in [0.2, 0.25) is 0 Å². The van der Waals surface area contributed by atoms with Gasteiger partial charge in [0.05, 0.1) is 22.9 Å². The highest BCUT2D eigenvalue weighted by Crippen LogP contribution is 2.44. The molecule has 0 saturated carbocycles. The lowest BCUT2D eigenvalue weighted by atomic mass is 9.93. The second-order valence-electron chi connectivity index (χ2n) is 9.63. The molecule has 8 rings (SSSR count). The molecule has 2 aromatic heterocycles. The lowest BCUT2D eigenvalue weighted by Crippen LogP contribution is -1.97. The van der Waals surface area contributed by atoms with E-state index in [0.717, 1.165) is 11.3 Å². The third kappa shape index (κ3) is 2.90. The molecule has 6 aromatic carbocycles. The lowest BCUT2D eigenvalue weighted by Gasteiger charge is -2.14. The first kappa shape index (κ1) is 20.3. The first-order chi connectivity index (χ1) is 18.4. The lowest BCUT2D eigenvalue weighted by molar-refractivity contribution is 1.15. The van der Waals surface area contributed by atoms with E-state index in [1.807, 2.05) is 12.4 Å². The summed E-state index contributed by atoms with van der Waals surface area (Å²) in [6, 6.07) is 43.6. The van der Waals surface area contributed by atoms with Crippen LogP contribution in [0.4, 0.5) is 0 Å². The molecule has 172 valence electrons. The summed E-state index contributed by atoms with van der Waals surface area (Å²) in [5, 5.41) is 10.2. The maximum Gasteiger partial charge on any atom is 0.0651 e. The van der Waals surface area contributed by atoms with Gasteiger partial charge >= 0.3 is 0 Å². The molecule has 0 bridgehead atoms. The highest BCUT2D eigenvalue weighted by atomic mass is 15.0. The Hall–Kier alpha value is -4.95. The van der Waals surface area contributed by atoms with E-state index < -0.39 is 0 Å². The van der Waals surface area contributed by atoms with Crippen LogP contribution in [0.2, 0.25) is 0 Å². The van der Waals surface area contributed by atoms with E-state index >= 15 is 0 Å². The predicted molar refractivity (Wildman–Crippen MR) is 157 cm³/mol. The van der Waals surface area contributed by atoms with Crippen LogP contribution in [0.25, 0.3) is 70.9 Å². The maximum absolute atomic E-state index is 4.70. The van der Waals surface area contributed by atoms with Gasteiger partial charge in [-0.25, -0.2) is 0 Å². The van der Waals surface area contributed by atoms with Crippen molar-refractivity contribution in [3.8, 4) is 16.8 Å². The first-order valence-corrected chi connectivity index (χ1v) is 12.6. The summed E-state index contributed by atoms with van der Waals surface area (Å²) < 4.78 is 2.41. The van der Waals surface area contributed by atoms with E-state index in [2.05, 4.69) is 126 Å². The molecule has 0 fully saturated rings. The number of benzene rings is 6. The van der Waals surface area contributed by atoms with Crippen molar-refractivity contribution in [3.05, 3.63) is 134 Å². The number of rotatable bonds is 2. The van der Waals surface area contributed by atoms with Gasteiger partial charge in [0.1, 0.15) is 0 Å². The number of pyridine rings is 1. The molecule has 2 heterocycles. The Labute approximate surface area is 214 Å². The summed E-state index contributed by atoms with van der Waals surface area (Å²) in [4.78, 5) is 4.70. The smallest absolute Gasteiger partial charge is 0.0651 e. The molecule has 0 unspecified atom stereocenters. The van der Waals surface area contributed by atoms with Gasteiger partial charge in [-0.2, -0.15) is 0 Å². The average Bonchev–Trinajstić information content (AvgIpc) is 3.33. The van der Waals surface area contributed by atoms with Crippen LogP contribution < -0.4 is 0 Å². The third-order valence-corrected chi connectivity index (χ3v) is 7.61. The van der Waals surface area contributed by atoms with Crippen molar-refractivity contribution in [3.63, 3.8) is 0 Å². The predicted octanol–water partition coefficient (Wildman–Crippen LogP) is 9.31. The summed E-state index contributed by atoms with van der Waals surface area (Å²) in [5.41, 5.74) is 5.76. The Morgan fingerprint density at radius 3 is 1.97 bits per heavy atom. The molecule has 2 heteroatoms. The monoisotopic (exact) mass is 470 g/mol. The summed E-state index contributed by atoms with van der Waals surface area (Å²) in [6.45, 7) is 0. The van der Waals surface area contributed by atoms with Crippen molar-refractivity contribution in [2.24, 2.45) is 0 Å². The summed E-state index contributed by atoms with van der Waals surface area (Å²) in [5.74, 6) is 0. The minimum absolute atomic E-state index is 1.07. The number of aromatic nitrogens is 2. The second-order valence-corrected chi connectivity index (χ2v) is 9.63. The summed E-state index contributed by atoms with van der Waals surface area (Å²) in [6.07, 6.45) is 3.94. The van der Waals surface area contributed by atoms with Crippen LogP contribution >= 0.6 is 0 Å². The van der Waals surface area contributed by atoms with E-state index in [1.165, 1.54) is 59.7 Å². The zero-order valence-electron chi connectivity index (χ0n) is 20.1. The zero-order chi connectivity index (χ0) is 24.3. The van der Waals surface area contributed by atoms with Gasteiger partial charge < -0.3 is 4.57 Å². The van der Waals surface area contributed by atoms with Crippen LogP contribution in [0.5, 0.6) is 0 Å². The normalized spacial score (nSPS) is 11.8. The molecule has 0 radical (unpaired) electrons. The second kappa shape index (κ2) is 7.78. The molecule has 0 aliphatic rings. The molecule has 0 aliphatic carbocycles. The molecule has 37 heavy (non-hydrogen) atoms. The fourth-order valence-corrected chi connectivity index (χ4v) is 6.05. The van der Waals surface area contributed by atoms with Gasteiger partial charge in [-0.15, -0.1) is 0 Å². The molecule has 8 aromatic rings. The molecule has 0 saturated heterocycles. The van der Waals surface area contributed by atoms with Crippen LogP contribution in [0, 0.1) is 0 Å². The van der Waals surface area contributed by atoms with Crippen LogP contribution in [0.15, 0.2) is 134 Å². The highest BCUT2D eigenvalue weighted by molar-refractivity contribution is 6.35. The van der Waals surface area contributed by atoms with Crippen LogP contribution in [-0.2, 0) is 0 Å². The van der Waals surface area contributed by atoms with Crippen LogP contribution in [0.3, 0.4) is 0 Å². The largest absolute Gasteiger partial charge is 0.307 e. The number of hydrogen-bond acceptors (Lipinski definition) is 1. The molecule has 2 nitrogen and oxygen atoms in total. The fourth-order valence-electron chi connectivity index (χ4n) is 6.05. The SMILES string of the molecule is c1ccc(-c2cncc(-n3c4ccccc4c4c5ccccc5c5c6ccccc6ccc5c43)c2)cc1. The Morgan fingerprint density at radius 2 is 1.14 bits per heavy atom. The molecule has 0 N–H and O–H groups in total. The van der Waals surface area contributed by atoms with Crippen molar-refractivity contribution in [2.45, 2.75) is 0 Å². The van der Waals surface area contributed by atoms with E-state index in [4.69, 9.17) is 4.98 Å². The van der Waals surface area contributed by atoms with Gasteiger partial charge in [-0.3, -0.25) is 4.98 Å². The van der Waals surface area contributed by atoms with Crippen LogP contribution in [0.1, 0.15) is 0 Å². The molecule has 0 amide bonds. The number of hydrogen-bond donors (Lipinski definition) is 0. The van der Waals surface area contributed by atoms with Gasteiger partial charge in [0.15, 0.2) is 0 Å². The Bertz CT molecular complexity index is 2140. The summed E-state index contributed by atoms with van der Waals surface area (Å²) >= 11 is 0. The average molecular weight is 471 g/mol. The number of para-hydroxylation sites is 1. The minimum atomic E-state index is 1.07. The highest BCUT2D eigenvalue weighted by Gasteiger charge is 2.20.